The SMILES string of the molecule is CCCCOCCCNC(=NCc1cccc(OC(F)F)c1)NCC.I. The van der Waals surface area contributed by atoms with Crippen LogP contribution >= 0.6 is 24.0 Å². The zero-order valence-electron chi connectivity index (χ0n) is 15.5. The number of guanidine groups is 1. The number of alkyl halides is 2. The van der Waals surface area contributed by atoms with Crippen LogP contribution in [0.4, 0.5) is 8.78 Å². The first-order valence-corrected chi connectivity index (χ1v) is 8.79. The summed E-state index contributed by atoms with van der Waals surface area (Å²) in [5.74, 6) is 0.834. The van der Waals surface area contributed by atoms with Crippen LogP contribution < -0.4 is 15.4 Å². The summed E-state index contributed by atoms with van der Waals surface area (Å²) in [6.07, 6.45) is 3.12. The van der Waals surface area contributed by atoms with E-state index >= 15 is 0 Å². The van der Waals surface area contributed by atoms with Crippen molar-refractivity contribution < 1.29 is 18.3 Å². The number of aliphatic imine (C=N–C) groups is 1. The molecule has 0 heterocycles. The molecule has 0 fully saturated rings. The Morgan fingerprint density at radius 2 is 1.92 bits per heavy atom. The maximum atomic E-state index is 12.3. The van der Waals surface area contributed by atoms with Crippen LogP contribution in [0.15, 0.2) is 29.3 Å². The average Bonchev–Trinajstić information content (AvgIpc) is 2.58. The van der Waals surface area contributed by atoms with Crippen molar-refractivity contribution >= 4 is 29.9 Å². The van der Waals surface area contributed by atoms with Gasteiger partial charge in [-0.3, -0.25) is 0 Å². The van der Waals surface area contributed by atoms with Gasteiger partial charge in [0.25, 0.3) is 0 Å². The van der Waals surface area contributed by atoms with Gasteiger partial charge in [0, 0.05) is 26.3 Å². The lowest BCUT2D eigenvalue weighted by molar-refractivity contribution is -0.0498. The standard InChI is InChI=1S/C18H29F2N3O2.HI/c1-3-5-11-24-12-7-10-22-18(21-4-2)23-14-15-8-6-9-16(13-15)25-17(19)20;/h6,8-9,13,17H,3-5,7,10-12,14H2,1-2H3,(H2,21,22,23);1H. The highest BCUT2D eigenvalue weighted by atomic mass is 127. The number of rotatable bonds is 12. The molecule has 0 unspecified atom stereocenters. The van der Waals surface area contributed by atoms with E-state index in [1.165, 1.54) is 6.07 Å². The fourth-order valence-corrected chi connectivity index (χ4v) is 2.06. The van der Waals surface area contributed by atoms with Gasteiger partial charge >= 0.3 is 6.61 Å². The van der Waals surface area contributed by atoms with Gasteiger partial charge in [0.1, 0.15) is 5.75 Å². The van der Waals surface area contributed by atoms with Gasteiger partial charge in [0.2, 0.25) is 0 Å². The summed E-state index contributed by atoms with van der Waals surface area (Å²) in [5.41, 5.74) is 0.804. The highest BCUT2D eigenvalue weighted by Gasteiger charge is 2.04. The Bertz CT molecular complexity index is 505. The molecule has 0 bridgehead atoms. The van der Waals surface area contributed by atoms with E-state index in [9.17, 15) is 8.78 Å². The number of halogens is 3. The molecule has 0 saturated carbocycles. The quantitative estimate of drug-likeness (QED) is 0.202. The van der Waals surface area contributed by atoms with E-state index in [4.69, 9.17) is 4.74 Å². The van der Waals surface area contributed by atoms with Gasteiger partial charge in [0.05, 0.1) is 6.54 Å². The maximum absolute atomic E-state index is 12.3. The zero-order chi connectivity index (χ0) is 18.3. The lowest BCUT2D eigenvalue weighted by Crippen LogP contribution is -2.38. The van der Waals surface area contributed by atoms with Crippen molar-refractivity contribution in [1.29, 1.82) is 0 Å². The van der Waals surface area contributed by atoms with Crippen molar-refractivity contribution in [2.24, 2.45) is 4.99 Å². The van der Waals surface area contributed by atoms with Crippen LogP contribution in [0.5, 0.6) is 5.75 Å². The van der Waals surface area contributed by atoms with E-state index in [-0.39, 0.29) is 29.7 Å². The average molecular weight is 485 g/mol. The monoisotopic (exact) mass is 485 g/mol. The Morgan fingerprint density at radius 3 is 2.62 bits per heavy atom. The summed E-state index contributed by atoms with van der Waals surface area (Å²) >= 11 is 0. The summed E-state index contributed by atoms with van der Waals surface area (Å²) in [4.78, 5) is 4.46. The molecule has 5 nitrogen and oxygen atoms in total. The van der Waals surface area contributed by atoms with Crippen molar-refractivity contribution in [2.45, 2.75) is 46.3 Å². The molecule has 0 aliphatic rings. The van der Waals surface area contributed by atoms with Gasteiger partial charge in [0.15, 0.2) is 5.96 Å². The Hall–Kier alpha value is -1.16. The molecule has 26 heavy (non-hydrogen) atoms. The molecule has 1 rings (SSSR count). The Kier molecular flexibility index (Phi) is 15.3. The number of benzene rings is 1. The van der Waals surface area contributed by atoms with Gasteiger partial charge in [-0.25, -0.2) is 4.99 Å². The van der Waals surface area contributed by atoms with Crippen LogP contribution in [0.25, 0.3) is 0 Å². The molecular weight excluding hydrogens is 455 g/mol. The number of ether oxygens (including phenoxy) is 2. The van der Waals surface area contributed by atoms with E-state index < -0.39 is 6.61 Å². The number of nitrogens with zero attached hydrogens (tertiary/aromatic N) is 1. The molecule has 0 aliphatic carbocycles. The fraction of sp³-hybridized carbons (Fsp3) is 0.611. The highest BCUT2D eigenvalue weighted by molar-refractivity contribution is 14.0. The molecule has 0 saturated heterocycles. The second kappa shape index (κ2) is 16.0. The van der Waals surface area contributed by atoms with E-state index in [0.717, 1.165) is 51.1 Å². The Labute approximate surface area is 172 Å². The molecule has 1 aromatic rings. The number of hydrogen-bond acceptors (Lipinski definition) is 3. The Balaban J connectivity index is 0.00000625. The van der Waals surface area contributed by atoms with Crippen LogP contribution in [-0.4, -0.2) is 38.9 Å². The first-order valence-electron chi connectivity index (χ1n) is 8.79. The molecule has 0 radical (unpaired) electrons. The predicted molar refractivity (Wildman–Crippen MR) is 112 cm³/mol. The van der Waals surface area contributed by atoms with Crippen molar-refractivity contribution in [3.63, 3.8) is 0 Å². The minimum atomic E-state index is -2.82. The maximum Gasteiger partial charge on any atom is 0.387 e. The molecule has 8 heteroatoms. The van der Waals surface area contributed by atoms with Crippen LogP contribution in [0.1, 0.15) is 38.7 Å². The molecule has 150 valence electrons. The molecule has 0 amide bonds. The summed E-state index contributed by atoms with van der Waals surface area (Å²) < 4.78 is 34.4. The van der Waals surface area contributed by atoms with Crippen molar-refractivity contribution in [3.8, 4) is 5.75 Å². The van der Waals surface area contributed by atoms with Crippen LogP contribution in [0, 0.1) is 0 Å². The third kappa shape index (κ3) is 12.2. The zero-order valence-corrected chi connectivity index (χ0v) is 17.8. The Morgan fingerprint density at radius 1 is 1.15 bits per heavy atom. The van der Waals surface area contributed by atoms with Crippen molar-refractivity contribution in [2.75, 3.05) is 26.3 Å². The lowest BCUT2D eigenvalue weighted by atomic mass is 10.2. The van der Waals surface area contributed by atoms with Crippen LogP contribution in [0.3, 0.4) is 0 Å². The van der Waals surface area contributed by atoms with Gasteiger partial charge in [-0.15, -0.1) is 24.0 Å². The van der Waals surface area contributed by atoms with Gasteiger partial charge < -0.3 is 20.1 Å². The normalized spacial score (nSPS) is 11.2. The fourth-order valence-electron chi connectivity index (χ4n) is 2.06. The lowest BCUT2D eigenvalue weighted by Gasteiger charge is -2.12. The van der Waals surface area contributed by atoms with Crippen molar-refractivity contribution in [1.82, 2.24) is 10.6 Å². The van der Waals surface area contributed by atoms with E-state index in [1.54, 1.807) is 12.1 Å². The number of unbranched alkanes of at least 4 members (excludes halogenated alkanes) is 1. The number of hydrogen-bond donors (Lipinski definition) is 2. The number of nitrogens with one attached hydrogen (secondary N) is 2. The smallest absolute Gasteiger partial charge is 0.387 e. The van der Waals surface area contributed by atoms with E-state index in [2.05, 4.69) is 27.3 Å². The largest absolute Gasteiger partial charge is 0.435 e. The van der Waals surface area contributed by atoms with Crippen LogP contribution in [-0.2, 0) is 11.3 Å². The topological polar surface area (TPSA) is 54.9 Å². The molecule has 0 atom stereocenters. The molecule has 1 aromatic carbocycles. The minimum absolute atomic E-state index is 0. The third-order valence-electron chi connectivity index (χ3n) is 3.29. The molecule has 0 aliphatic heterocycles. The van der Waals surface area contributed by atoms with Crippen molar-refractivity contribution in [3.05, 3.63) is 29.8 Å². The summed E-state index contributed by atoms with van der Waals surface area (Å²) in [7, 11) is 0. The predicted octanol–water partition coefficient (Wildman–Crippen LogP) is 4.17. The van der Waals surface area contributed by atoms with E-state index in [0.29, 0.717) is 12.5 Å². The molecule has 0 aromatic heterocycles. The summed E-state index contributed by atoms with van der Waals surface area (Å²) in [6, 6.07) is 6.58. The summed E-state index contributed by atoms with van der Waals surface area (Å²) in [5, 5.41) is 6.39. The van der Waals surface area contributed by atoms with Crippen LogP contribution in [0.2, 0.25) is 0 Å². The second-order valence-electron chi connectivity index (χ2n) is 5.47. The van der Waals surface area contributed by atoms with Gasteiger partial charge in [-0.05, 0) is 37.5 Å². The first-order chi connectivity index (χ1) is 12.2. The second-order valence-corrected chi connectivity index (χ2v) is 5.47. The highest BCUT2D eigenvalue weighted by Crippen LogP contribution is 2.16. The van der Waals surface area contributed by atoms with E-state index in [1.807, 2.05) is 13.0 Å². The molecule has 0 spiro atoms. The molecule has 2 N–H and O–H groups in total. The van der Waals surface area contributed by atoms with Gasteiger partial charge in [-0.1, -0.05) is 25.5 Å². The molecular formula is C18H30F2IN3O2. The first kappa shape index (κ1) is 24.8. The minimum Gasteiger partial charge on any atom is -0.435 e. The summed E-state index contributed by atoms with van der Waals surface area (Å²) in [6.45, 7) is 4.71. The van der Waals surface area contributed by atoms with Gasteiger partial charge in [-0.2, -0.15) is 8.78 Å². The third-order valence-corrected chi connectivity index (χ3v) is 3.29.